The maximum Gasteiger partial charge on any atom is 0.317 e. The Morgan fingerprint density at radius 3 is 2.43 bits per heavy atom. The predicted octanol–water partition coefficient (Wildman–Crippen LogP) is 3.47. The van der Waals surface area contributed by atoms with Crippen molar-refractivity contribution < 1.29 is 4.79 Å². The van der Waals surface area contributed by atoms with Crippen LogP contribution in [0.4, 0.5) is 4.79 Å². The fraction of sp³-hybridized carbons (Fsp3) is 0.947. The summed E-state index contributed by atoms with van der Waals surface area (Å²) >= 11 is 0. The Hall–Kier alpha value is -0.770. The van der Waals surface area contributed by atoms with Crippen molar-refractivity contribution in [2.75, 3.05) is 26.2 Å². The summed E-state index contributed by atoms with van der Waals surface area (Å²) in [6.07, 6.45) is 10.1. The number of urea groups is 1. The van der Waals surface area contributed by atoms with E-state index in [1.807, 2.05) is 0 Å². The highest BCUT2D eigenvalue weighted by atomic mass is 16.2. The lowest BCUT2D eigenvalue weighted by atomic mass is 9.78. The standard InChI is InChI=1S/C19H35N3O/c1-15(2)17-9-3-4-10-18(17)20-19(23)22-13-7-8-16(14-22)21-11-5-6-12-21/h15-18H,3-14H2,1-2H3,(H,20,23). The molecule has 3 atom stereocenters. The smallest absolute Gasteiger partial charge is 0.317 e. The summed E-state index contributed by atoms with van der Waals surface area (Å²) in [7, 11) is 0. The molecule has 0 radical (unpaired) electrons. The van der Waals surface area contributed by atoms with E-state index in [2.05, 4.69) is 29.0 Å². The highest BCUT2D eigenvalue weighted by Gasteiger charge is 2.33. The van der Waals surface area contributed by atoms with Gasteiger partial charge in [0.1, 0.15) is 0 Å². The molecular formula is C19H35N3O. The van der Waals surface area contributed by atoms with Gasteiger partial charge in [-0.05, 0) is 63.5 Å². The van der Waals surface area contributed by atoms with Crippen LogP contribution in [0.25, 0.3) is 0 Å². The predicted molar refractivity (Wildman–Crippen MR) is 94.5 cm³/mol. The number of amides is 2. The van der Waals surface area contributed by atoms with Crippen molar-refractivity contribution in [3.05, 3.63) is 0 Å². The van der Waals surface area contributed by atoms with Crippen LogP contribution in [0.1, 0.15) is 65.2 Å². The van der Waals surface area contributed by atoms with Gasteiger partial charge in [-0.15, -0.1) is 0 Å². The molecule has 1 N–H and O–H groups in total. The number of carbonyl (C=O) groups excluding carboxylic acids is 1. The van der Waals surface area contributed by atoms with E-state index in [-0.39, 0.29) is 6.03 Å². The van der Waals surface area contributed by atoms with Crippen LogP contribution in [0.15, 0.2) is 0 Å². The minimum atomic E-state index is 0.200. The van der Waals surface area contributed by atoms with Crippen LogP contribution >= 0.6 is 0 Å². The number of nitrogens with one attached hydrogen (secondary N) is 1. The first-order valence-electron chi connectivity index (χ1n) is 9.94. The minimum Gasteiger partial charge on any atom is -0.335 e. The Kier molecular flexibility index (Phi) is 5.84. The molecule has 23 heavy (non-hydrogen) atoms. The third-order valence-electron chi connectivity index (χ3n) is 6.33. The van der Waals surface area contributed by atoms with Crippen molar-refractivity contribution >= 4 is 6.03 Å². The topological polar surface area (TPSA) is 35.6 Å². The normalized spacial score (nSPS) is 33.2. The summed E-state index contributed by atoms with van der Waals surface area (Å²) in [5, 5.41) is 3.40. The van der Waals surface area contributed by atoms with Gasteiger partial charge < -0.3 is 10.2 Å². The van der Waals surface area contributed by atoms with Crippen LogP contribution in [-0.4, -0.2) is 54.1 Å². The second kappa shape index (κ2) is 7.87. The number of piperidine rings is 1. The van der Waals surface area contributed by atoms with Crippen molar-refractivity contribution in [2.24, 2.45) is 11.8 Å². The van der Waals surface area contributed by atoms with E-state index in [4.69, 9.17) is 0 Å². The molecule has 2 amide bonds. The van der Waals surface area contributed by atoms with Gasteiger partial charge in [0.15, 0.2) is 0 Å². The Bertz CT molecular complexity index is 392. The lowest BCUT2D eigenvalue weighted by Gasteiger charge is -2.40. The van der Waals surface area contributed by atoms with E-state index < -0.39 is 0 Å². The molecule has 2 heterocycles. The minimum absolute atomic E-state index is 0.200. The average molecular weight is 322 g/mol. The van der Waals surface area contributed by atoms with Crippen LogP contribution in [0, 0.1) is 11.8 Å². The zero-order chi connectivity index (χ0) is 16.2. The maximum absolute atomic E-state index is 12.8. The number of carbonyl (C=O) groups is 1. The van der Waals surface area contributed by atoms with E-state index in [0.29, 0.717) is 23.9 Å². The monoisotopic (exact) mass is 321 g/mol. The number of rotatable bonds is 3. The van der Waals surface area contributed by atoms with Crippen LogP contribution < -0.4 is 5.32 Å². The quantitative estimate of drug-likeness (QED) is 0.864. The van der Waals surface area contributed by atoms with E-state index in [1.165, 1.54) is 51.6 Å². The van der Waals surface area contributed by atoms with Gasteiger partial charge in [-0.25, -0.2) is 4.79 Å². The molecule has 0 spiro atoms. The molecule has 3 unspecified atom stereocenters. The zero-order valence-electron chi connectivity index (χ0n) is 15.1. The molecule has 0 aromatic rings. The van der Waals surface area contributed by atoms with Crippen LogP contribution in [0.2, 0.25) is 0 Å². The maximum atomic E-state index is 12.8. The van der Waals surface area contributed by atoms with E-state index in [1.54, 1.807) is 0 Å². The Labute approximate surface area is 142 Å². The summed E-state index contributed by atoms with van der Waals surface area (Å²) in [6.45, 7) is 8.95. The number of nitrogens with zero attached hydrogens (tertiary/aromatic N) is 2. The third kappa shape index (κ3) is 4.20. The molecule has 4 nitrogen and oxygen atoms in total. The molecule has 0 bridgehead atoms. The largest absolute Gasteiger partial charge is 0.335 e. The lowest BCUT2D eigenvalue weighted by molar-refractivity contribution is 0.117. The fourth-order valence-electron chi connectivity index (χ4n) is 4.93. The lowest BCUT2D eigenvalue weighted by Crippen LogP contribution is -2.55. The third-order valence-corrected chi connectivity index (χ3v) is 6.33. The van der Waals surface area contributed by atoms with Gasteiger partial charge >= 0.3 is 6.03 Å². The molecule has 3 rings (SSSR count). The number of hydrogen-bond acceptors (Lipinski definition) is 2. The molecular weight excluding hydrogens is 286 g/mol. The summed E-state index contributed by atoms with van der Waals surface area (Å²) in [5.41, 5.74) is 0. The molecule has 0 aromatic carbocycles. The van der Waals surface area contributed by atoms with E-state index in [9.17, 15) is 4.79 Å². The summed E-state index contributed by atoms with van der Waals surface area (Å²) in [5.74, 6) is 1.33. The number of hydrogen-bond donors (Lipinski definition) is 1. The van der Waals surface area contributed by atoms with Crippen LogP contribution in [0.3, 0.4) is 0 Å². The van der Waals surface area contributed by atoms with Gasteiger partial charge in [0.2, 0.25) is 0 Å². The Morgan fingerprint density at radius 2 is 1.70 bits per heavy atom. The second-order valence-corrected chi connectivity index (χ2v) is 8.23. The van der Waals surface area contributed by atoms with Crippen molar-refractivity contribution in [1.29, 1.82) is 0 Å². The second-order valence-electron chi connectivity index (χ2n) is 8.23. The van der Waals surface area contributed by atoms with E-state index >= 15 is 0 Å². The molecule has 4 heteroatoms. The van der Waals surface area contributed by atoms with Gasteiger partial charge in [-0.1, -0.05) is 26.7 Å². The van der Waals surface area contributed by atoms with Gasteiger partial charge in [0.05, 0.1) is 0 Å². The first kappa shape index (κ1) is 17.1. The molecule has 0 aromatic heterocycles. The van der Waals surface area contributed by atoms with Gasteiger partial charge in [0, 0.05) is 25.2 Å². The molecule has 2 saturated heterocycles. The van der Waals surface area contributed by atoms with Crippen LogP contribution in [0.5, 0.6) is 0 Å². The molecule has 132 valence electrons. The molecule has 2 aliphatic heterocycles. The van der Waals surface area contributed by atoms with Crippen molar-refractivity contribution in [1.82, 2.24) is 15.1 Å². The van der Waals surface area contributed by atoms with Gasteiger partial charge in [0.25, 0.3) is 0 Å². The fourth-order valence-corrected chi connectivity index (χ4v) is 4.93. The highest BCUT2D eigenvalue weighted by molar-refractivity contribution is 5.74. The molecule has 1 saturated carbocycles. The highest BCUT2D eigenvalue weighted by Crippen LogP contribution is 2.30. The van der Waals surface area contributed by atoms with Crippen molar-refractivity contribution in [3.63, 3.8) is 0 Å². The van der Waals surface area contributed by atoms with Crippen molar-refractivity contribution in [2.45, 2.75) is 77.3 Å². The SMILES string of the molecule is CC(C)C1CCCCC1NC(=O)N1CCCC(N2CCCC2)C1. The summed E-state index contributed by atoms with van der Waals surface area (Å²) in [4.78, 5) is 17.5. The molecule has 3 aliphatic rings. The summed E-state index contributed by atoms with van der Waals surface area (Å²) in [6, 6.07) is 1.19. The van der Waals surface area contributed by atoms with Crippen molar-refractivity contribution in [3.8, 4) is 0 Å². The molecule has 1 aliphatic carbocycles. The molecule has 3 fully saturated rings. The Balaban J connectivity index is 1.54. The van der Waals surface area contributed by atoms with Gasteiger partial charge in [-0.3, -0.25) is 4.90 Å². The Morgan fingerprint density at radius 1 is 0.957 bits per heavy atom. The van der Waals surface area contributed by atoms with Crippen LogP contribution in [-0.2, 0) is 0 Å². The zero-order valence-corrected chi connectivity index (χ0v) is 15.1. The first-order valence-corrected chi connectivity index (χ1v) is 9.94. The first-order chi connectivity index (χ1) is 11.1. The summed E-state index contributed by atoms with van der Waals surface area (Å²) < 4.78 is 0. The van der Waals surface area contributed by atoms with E-state index in [0.717, 1.165) is 25.9 Å². The average Bonchev–Trinajstić information content (AvgIpc) is 3.10. The number of likely N-dealkylation sites (tertiary alicyclic amines) is 2. The van der Waals surface area contributed by atoms with Gasteiger partial charge in [-0.2, -0.15) is 0 Å².